The number of anilines is 1. The standard InChI is InChI=1S/C12H17ClN2O2/c1-7(2)4-10(12(16)17)15-9-5-8(3)14-11(13)6-9/h5-7,10H,4H2,1-3H3,(H,14,15)(H,16,17). The normalized spacial score (nSPS) is 12.5. The molecule has 17 heavy (non-hydrogen) atoms. The molecule has 1 rings (SSSR count). The highest BCUT2D eigenvalue weighted by atomic mass is 35.5. The van der Waals surface area contributed by atoms with Gasteiger partial charge in [-0.25, -0.2) is 9.78 Å². The van der Waals surface area contributed by atoms with Crippen LogP contribution in [0.4, 0.5) is 5.69 Å². The van der Waals surface area contributed by atoms with Gasteiger partial charge in [-0.1, -0.05) is 25.4 Å². The average Bonchev–Trinajstić information content (AvgIpc) is 2.13. The number of carbonyl (C=O) groups is 1. The van der Waals surface area contributed by atoms with Crippen molar-refractivity contribution in [2.45, 2.75) is 33.2 Å². The molecule has 5 heteroatoms. The minimum absolute atomic E-state index is 0.307. The molecular weight excluding hydrogens is 240 g/mol. The molecule has 0 aliphatic heterocycles. The van der Waals surface area contributed by atoms with Crippen LogP contribution in [0.25, 0.3) is 0 Å². The Morgan fingerprint density at radius 2 is 2.18 bits per heavy atom. The maximum Gasteiger partial charge on any atom is 0.326 e. The molecule has 0 spiro atoms. The Morgan fingerprint density at radius 3 is 2.65 bits per heavy atom. The molecule has 1 heterocycles. The number of aryl methyl sites for hydroxylation is 1. The number of aromatic nitrogens is 1. The summed E-state index contributed by atoms with van der Waals surface area (Å²) < 4.78 is 0. The van der Waals surface area contributed by atoms with Gasteiger partial charge in [0.25, 0.3) is 0 Å². The van der Waals surface area contributed by atoms with Gasteiger partial charge >= 0.3 is 5.97 Å². The molecule has 1 aromatic heterocycles. The van der Waals surface area contributed by atoms with E-state index in [1.807, 2.05) is 20.8 Å². The van der Waals surface area contributed by atoms with Crippen molar-refractivity contribution in [3.8, 4) is 0 Å². The van der Waals surface area contributed by atoms with Gasteiger partial charge in [-0.2, -0.15) is 0 Å². The van der Waals surface area contributed by atoms with E-state index < -0.39 is 12.0 Å². The lowest BCUT2D eigenvalue weighted by Gasteiger charge is -2.17. The third-order valence-electron chi connectivity index (χ3n) is 2.27. The predicted octanol–water partition coefficient (Wildman–Crippen LogP) is 2.95. The fraction of sp³-hybridized carbons (Fsp3) is 0.500. The van der Waals surface area contributed by atoms with Crippen LogP contribution in [-0.2, 0) is 4.79 Å². The first-order valence-electron chi connectivity index (χ1n) is 5.52. The third kappa shape index (κ3) is 4.61. The van der Waals surface area contributed by atoms with Crippen molar-refractivity contribution in [1.82, 2.24) is 4.98 Å². The average molecular weight is 257 g/mol. The summed E-state index contributed by atoms with van der Waals surface area (Å²) in [5.74, 6) is -0.550. The largest absolute Gasteiger partial charge is 0.480 e. The molecule has 0 radical (unpaired) electrons. The molecule has 1 unspecified atom stereocenters. The number of nitrogens with one attached hydrogen (secondary N) is 1. The van der Waals surface area contributed by atoms with Crippen molar-refractivity contribution in [2.75, 3.05) is 5.32 Å². The van der Waals surface area contributed by atoms with Crippen LogP contribution in [0.1, 0.15) is 26.0 Å². The van der Waals surface area contributed by atoms with E-state index in [9.17, 15) is 4.79 Å². The SMILES string of the molecule is Cc1cc(NC(CC(C)C)C(=O)O)cc(Cl)n1. The van der Waals surface area contributed by atoms with Gasteiger partial charge in [0, 0.05) is 11.4 Å². The van der Waals surface area contributed by atoms with Crippen LogP contribution < -0.4 is 5.32 Å². The molecule has 94 valence electrons. The summed E-state index contributed by atoms with van der Waals surface area (Å²) >= 11 is 5.82. The summed E-state index contributed by atoms with van der Waals surface area (Å²) in [6, 6.07) is 2.81. The third-order valence-corrected chi connectivity index (χ3v) is 2.46. The molecular formula is C12H17ClN2O2. The van der Waals surface area contributed by atoms with Gasteiger partial charge in [0.2, 0.25) is 0 Å². The van der Waals surface area contributed by atoms with Gasteiger partial charge in [0.05, 0.1) is 0 Å². The first kappa shape index (κ1) is 13.8. The first-order chi connectivity index (χ1) is 7.88. The molecule has 0 bridgehead atoms. The van der Waals surface area contributed by atoms with Crippen LogP contribution in [0.15, 0.2) is 12.1 Å². The van der Waals surface area contributed by atoms with Gasteiger partial charge in [0.15, 0.2) is 0 Å². The minimum atomic E-state index is -0.857. The Morgan fingerprint density at radius 1 is 1.53 bits per heavy atom. The summed E-state index contributed by atoms with van der Waals surface area (Å²) in [6.07, 6.45) is 0.564. The smallest absolute Gasteiger partial charge is 0.326 e. The maximum absolute atomic E-state index is 11.1. The number of aliphatic carboxylic acids is 1. The molecule has 2 N–H and O–H groups in total. The van der Waals surface area contributed by atoms with Crippen LogP contribution in [0, 0.1) is 12.8 Å². The molecule has 1 aromatic rings. The highest BCUT2D eigenvalue weighted by molar-refractivity contribution is 6.29. The summed E-state index contributed by atoms with van der Waals surface area (Å²) in [5, 5.41) is 12.4. The van der Waals surface area contributed by atoms with E-state index in [0.29, 0.717) is 23.2 Å². The fourth-order valence-electron chi connectivity index (χ4n) is 1.61. The predicted molar refractivity (Wildman–Crippen MR) is 68.5 cm³/mol. The van der Waals surface area contributed by atoms with Gasteiger partial charge in [-0.3, -0.25) is 0 Å². The van der Waals surface area contributed by atoms with Crippen molar-refractivity contribution >= 4 is 23.3 Å². The second-order valence-corrected chi connectivity index (χ2v) is 4.87. The molecule has 0 aromatic carbocycles. The van der Waals surface area contributed by atoms with Crippen LogP contribution in [0.2, 0.25) is 5.15 Å². The Hall–Kier alpha value is -1.29. The molecule has 1 atom stereocenters. The van der Waals surface area contributed by atoms with Crippen LogP contribution in [0.5, 0.6) is 0 Å². The van der Waals surface area contributed by atoms with Crippen molar-refractivity contribution in [2.24, 2.45) is 5.92 Å². The summed E-state index contributed by atoms with van der Waals surface area (Å²) in [6.45, 7) is 5.79. The molecule has 0 aliphatic rings. The monoisotopic (exact) mass is 256 g/mol. The number of carboxylic acid groups (broad SMARTS) is 1. The van der Waals surface area contributed by atoms with Crippen LogP contribution in [-0.4, -0.2) is 22.1 Å². The minimum Gasteiger partial charge on any atom is -0.480 e. The number of hydrogen-bond acceptors (Lipinski definition) is 3. The molecule has 4 nitrogen and oxygen atoms in total. The molecule has 0 amide bonds. The number of rotatable bonds is 5. The van der Waals surface area contributed by atoms with E-state index in [1.54, 1.807) is 12.1 Å². The maximum atomic E-state index is 11.1. The summed E-state index contributed by atoms with van der Waals surface area (Å²) in [7, 11) is 0. The number of hydrogen-bond donors (Lipinski definition) is 2. The number of halogens is 1. The lowest BCUT2D eigenvalue weighted by atomic mass is 10.0. The van der Waals surface area contributed by atoms with Crippen LogP contribution >= 0.6 is 11.6 Å². The van der Waals surface area contributed by atoms with E-state index in [1.165, 1.54) is 0 Å². The number of nitrogens with zero attached hydrogens (tertiary/aromatic N) is 1. The Bertz CT molecular complexity index is 387. The zero-order valence-electron chi connectivity index (χ0n) is 10.2. The second-order valence-electron chi connectivity index (χ2n) is 4.48. The molecule has 0 fully saturated rings. The second kappa shape index (κ2) is 5.87. The number of pyridine rings is 1. The van der Waals surface area contributed by atoms with Gasteiger partial charge in [-0.05, 0) is 31.4 Å². The Kier molecular flexibility index (Phi) is 4.75. The van der Waals surface area contributed by atoms with Crippen molar-refractivity contribution in [3.63, 3.8) is 0 Å². The van der Waals surface area contributed by atoms with E-state index in [2.05, 4.69) is 10.3 Å². The first-order valence-corrected chi connectivity index (χ1v) is 5.90. The molecule has 0 aliphatic carbocycles. The summed E-state index contributed by atoms with van der Waals surface area (Å²) in [4.78, 5) is 15.1. The van der Waals surface area contributed by atoms with Crippen molar-refractivity contribution in [1.29, 1.82) is 0 Å². The van der Waals surface area contributed by atoms with E-state index in [0.717, 1.165) is 5.69 Å². The number of carboxylic acids is 1. The zero-order valence-corrected chi connectivity index (χ0v) is 11.0. The van der Waals surface area contributed by atoms with Gasteiger partial charge in [0.1, 0.15) is 11.2 Å². The van der Waals surface area contributed by atoms with E-state index in [4.69, 9.17) is 16.7 Å². The summed E-state index contributed by atoms with van der Waals surface area (Å²) in [5.41, 5.74) is 1.45. The Balaban J connectivity index is 2.82. The van der Waals surface area contributed by atoms with Crippen LogP contribution in [0.3, 0.4) is 0 Å². The highest BCUT2D eigenvalue weighted by Crippen LogP contribution is 2.18. The molecule has 0 saturated heterocycles. The highest BCUT2D eigenvalue weighted by Gasteiger charge is 2.18. The zero-order chi connectivity index (χ0) is 13.0. The topological polar surface area (TPSA) is 62.2 Å². The fourth-order valence-corrected chi connectivity index (χ4v) is 1.86. The lowest BCUT2D eigenvalue weighted by molar-refractivity contribution is -0.138. The quantitative estimate of drug-likeness (QED) is 0.795. The molecule has 0 saturated carbocycles. The van der Waals surface area contributed by atoms with Crippen molar-refractivity contribution in [3.05, 3.63) is 23.0 Å². The lowest BCUT2D eigenvalue weighted by Crippen LogP contribution is -2.30. The Labute approximate surface area is 106 Å². The van der Waals surface area contributed by atoms with E-state index >= 15 is 0 Å². The van der Waals surface area contributed by atoms with Crippen molar-refractivity contribution < 1.29 is 9.90 Å². The van der Waals surface area contributed by atoms with Gasteiger partial charge in [-0.15, -0.1) is 0 Å². The van der Waals surface area contributed by atoms with E-state index in [-0.39, 0.29) is 0 Å². The van der Waals surface area contributed by atoms with Gasteiger partial charge < -0.3 is 10.4 Å².